The quantitative estimate of drug-likeness (QED) is 0.524. The topological polar surface area (TPSA) is 64.8 Å². The molecule has 1 amide bonds. The number of hydrogen-bond donors (Lipinski definition) is 1. The zero-order valence-electron chi connectivity index (χ0n) is 16.4. The van der Waals surface area contributed by atoms with Crippen LogP contribution in [0.5, 0.6) is 11.5 Å². The molecule has 6 heteroatoms. The van der Waals surface area contributed by atoms with Crippen LogP contribution in [0.15, 0.2) is 59.7 Å². The lowest BCUT2D eigenvalue weighted by Gasteiger charge is -2.09. The highest BCUT2D eigenvalue weighted by atomic mass is 16.5. The minimum absolute atomic E-state index is 0.257. The Labute approximate surface area is 164 Å². The van der Waals surface area contributed by atoms with Gasteiger partial charge in [0.1, 0.15) is 0 Å². The summed E-state index contributed by atoms with van der Waals surface area (Å²) in [6, 6.07) is 17.2. The van der Waals surface area contributed by atoms with Gasteiger partial charge in [0.25, 0.3) is 5.91 Å². The van der Waals surface area contributed by atoms with Crippen molar-refractivity contribution in [2.24, 2.45) is 5.10 Å². The predicted octanol–water partition coefficient (Wildman–Crippen LogP) is 3.88. The van der Waals surface area contributed by atoms with Gasteiger partial charge in [-0.1, -0.05) is 18.2 Å². The average molecular weight is 377 g/mol. The van der Waals surface area contributed by atoms with Crippen LogP contribution in [0.2, 0.25) is 0 Å². The third kappa shape index (κ3) is 3.91. The van der Waals surface area contributed by atoms with E-state index < -0.39 is 0 Å². The van der Waals surface area contributed by atoms with E-state index in [2.05, 4.69) is 10.5 Å². The number of aromatic nitrogens is 1. The summed E-state index contributed by atoms with van der Waals surface area (Å²) in [5, 5.41) is 4.07. The molecule has 0 atom stereocenters. The Morgan fingerprint density at radius 1 is 1.00 bits per heavy atom. The Morgan fingerprint density at radius 2 is 1.71 bits per heavy atom. The fraction of sp³-hybridized carbons (Fsp3) is 0.182. The van der Waals surface area contributed by atoms with Gasteiger partial charge in [-0.3, -0.25) is 4.79 Å². The summed E-state index contributed by atoms with van der Waals surface area (Å²) in [6.07, 6.45) is 1.57. The first-order valence-electron chi connectivity index (χ1n) is 8.85. The van der Waals surface area contributed by atoms with Crippen molar-refractivity contribution in [3.63, 3.8) is 0 Å². The minimum Gasteiger partial charge on any atom is -0.493 e. The summed E-state index contributed by atoms with van der Waals surface area (Å²) in [5.74, 6) is 0.980. The number of ether oxygens (including phenoxy) is 2. The molecule has 0 spiro atoms. The van der Waals surface area contributed by atoms with Crippen molar-refractivity contribution in [3.05, 3.63) is 77.1 Å². The Morgan fingerprint density at radius 3 is 2.39 bits per heavy atom. The van der Waals surface area contributed by atoms with E-state index in [0.717, 1.165) is 22.6 Å². The van der Waals surface area contributed by atoms with Gasteiger partial charge in [0, 0.05) is 17.1 Å². The largest absolute Gasteiger partial charge is 0.493 e. The fourth-order valence-corrected chi connectivity index (χ4v) is 3.13. The molecular weight excluding hydrogens is 354 g/mol. The van der Waals surface area contributed by atoms with Crippen molar-refractivity contribution in [2.75, 3.05) is 14.2 Å². The smallest absolute Gasteiger partial charge is 0.273 e. The lowest BCUT2D eigenvalue weighted by molar-refractivity contribution is 0.0954. The number of nitrogens with one attached hydrogen (secondary N) is 1. The summed E-state index contributed by atoms with van der Waals surface area (Å²) in [6.45, 7) is 3.90. The SMILES string of the molecule is COc1ccc(/C=N\NC(=O)c2cc(C)n(-c3ccccc3)c2C)cc1OC. The van der Waals surface area contributed by atoms with Crippen LogP contribution in [0.3, 0.4) is 0 Å². The third-order valence-corrected chi connectivity index (χ3v) is 4.48. The number of hydrogen-bond acceptors (Lipinski definition) is 4. The highest BCUT2D eigenvalue weighted by molar-refractivity contribution is 5.96. The lowest BCUT2D eigenvalue weighted by atomic mass is 10.2. The van der Waals surface area contributed by atoms with Gasteiger partial charge in [-0.15, -0.1) is 0 Å². The number of benzene rings is 2. The van der Waals surface area contributed by atoms with Crippen LogP contribution < -0.4 is 14.9 Å². The van der Waals surface area contributed by atoms with Gasteiger partial charge in [-0.2, -0.15) is 5.10 Å². The molecule has 0 unspecified atom stereocenters. The van der Waals surface area contributed by atoms with Crippen molar-refractivity contribution >= 4 is 12.1 Å². The van der Waals surface area contributed by atoms with Gasteiger partial charge in [-0.05, 0) is 55.8 Å². The maximum atomic E-state index is 12.6. The van der Waals surface area contributed by atoms with Crippen LogP contribution in [-0.2, 0) is 0 Å². The summed E-state index contributed by atoms with van der Waals surface area (Å²) in [5.41, 5.74) is 6.83. The molecule has 0 aliphatic rings. The molecule has 0 saturated heterocycles. The molecule has 144 valence electrons. The number of carbonyl (C=O) groups excluding carboxylic acids is 1. The lowest BCUT2D eigenvalue weighted by Crippen LogP contribution is -2.18. The van der Waals surface area contributed by atoms with E-state index in [-0.39, 0.29) is 5.91 Å². The number of aryl methyl sites for hydroxylation is 1. The van der Waals surface area contributed by atoms with Gasteiger partial charge in [0.15, 0.2) is 11.5 Å². The number of methoxy groups -OCH3 is 2. The number of carbonyl (C=O) groups is 1. The maximum absolute atomic E-state index is 12.6. The first-order valence-corrected chi connectivity index (χ1v) is 8.85. The number of nitrogens with zero attached hydrogens (tertiary/aromatic N) is 2. The van der Waals surface area contributed by atoms with E-state index in [9.17, 15) is 4.79 Å². The summed E-state index contributed by atoms with van der Waals surface area (Å²) in [7, 11) is 3.15. The van der Waals surface area contributed by atoms with Crippen molar-refractivity contribution in [3.8, 4) is 17.2 Å². The standard InChI is InChI=1S/C22H23N3O3/c1-15-12-19(16(2)25(15)18-8-6-5-7-9-18)22(26)24-23-14-17-10-11-20(27-3)21(13-17)28-4/h5-14H,1-4H3,(H,24,26)/b23-14-. The molecule has 28 heavy (non-hydrogen) atoms. The molecule has 2 aromatic carbocycles. The number of amides is 1. The molecule has 3 aromatic rings. The summed E-state index contributed by atoms with van der Waals surface area (Å²) < 4.78 is 12.5. The van der Waals surface area contributed by atoms with E-state index in [1.165, 1.54) is 0 Å². The van der Waals surface area contributed by atoms with Crippen LogP contribution in [0, 0.1) is 13.8 Å². The zero-order valence-corrected chi connectivity index (χ0v) is 16.4. The molecule has 1 heterocycles. The van der Waals surface area contributed by atoms with E-state index >= 15 is 0 Å². The molecule has 3 rings (SSSR count). The zero-order chi connectivity index (χ0) is 20.1. The van der Waals surface area contributed by atoms with Crippen LogP contribution in [0.25, 0.3) is 5.69 Å². The molecule has 0 aliphatic carbocycles. The Bertz CT molecular complexity index is 1010. The number of rotatable bonds is 6. The second-order valence-electron chi connectivity index (χ2n) is 6.27. The minimum atomic E-state index is -0.257. The van der Waals surface area contributed by atoms with E-state index in [0.29, 0.717) is 17.1 Å². The second kappa shape index (κ2) is 8.43. The molecular formula is C22H23N3O3. The van der Waals surface area contributed by atoms with Gasteiger partial charge in [0.05, 0.1) is 26.0 Å². The monoisotopic (exact) mass is 377 g/mol. The Hall–Kier alpha value is -3.54. The summed E-state index contributed by atoms with van der Waals surface area (Å²) in [4.78, 5) is 12.6. The molecule has 1 N–H and O–H groups in total. The first-order chi connectivity index (χ1) is 13.5. The number of para-hydroxylation sites is 1. The van der Waals surface area contributed by atoms with Crippen LogP contribution in [-0.4, -0.2) is 30.9 Å². The van der Waals surface area contributed by atoms with Crippen molar-refractivity contribution in [1.82, 2.24) is 9.99 Å². The molecule has 0 radical (unpaired) electrons. The molecule has 0 saturated carbocycles. The first kappa shape index (κ1) is 19.2. The third-order valence-electron chi connectivity index (χ3n) is 4.48. The molecule has 0 aliphatic heterocycles. The van der Waals surface area contributed by atoms with Crippen molar-refractivity contribution in [2.45, 2.75) is 13.8 Å². The number of hydrazone groups is 1. The molecule has 0 bridgehead atoms. The van der Waals surface area contributed by atoms with Crippen LogP contribution in [0.4, 0.5) is 0 Å². The highest BCUT2D eigenvalue weighted by Gasteiger charge is 2.16. The average Bonchev–Trinajstić information content (AvgIpc) is 3.02. The fourth-order valence-electron chi connectivity index (χ4n) is 3.13. The van der Waals surface area contributed by atoms with Crippen LogP contribution >= 0.6 is 0 Å². The Balaban J connectivity index is 1.76. The van der Waals surface area contributed by atoms with Gasteiger partial charge in [0.2, 0.25) is 0 Å². The second-order valence-corrected chi connectivity index (χ2v) is 6.27. The molecule has 1 aromatic heterocycles. The van der Waals surface area contributed by atoms with Gasteiger partial charge < -0.3 is 14.0 Å². The molecule has 6 nitrogen and oxygen atoms in total. The van der Waals surface area contributed by atoms with Crippen molar-refractivity contribution in [1.29, 1.82) is 0 Å². The molecule has 0 fully saturated rings. The van der Waals surface area contributed by atoms with E-state index in [1.54, 1.807) is 32.6 Å². The van der Waals surface area contributed by atoms with Crippen molar-refractivity contribution < 1.29 is 14.3 Å². The highest BCUT2D eigenvalue weighted by Crippen LogP contribution is 2.27. The predicted molar refractivity (Wildman–Crippen MR) is 110 cm³/mol. The maximum Gasteiger partial charge on any atom is 0.273 e. The van der Waals surface area contributed by atoms with Gasteiger partial charge in [-0.25, -0.2) is 5.43 Å². The van der Waals surface area contributed by atoms with Crippen LogP contribution in [0.1, 0.15) is 27.3 Å². The van der Waals surface area contributed by atoms with E-state index in [1.807, 2.05) is 60.9 Å². The van der Waals surface area contributed by atoms with Gasteiger partial charge >= 0.3 is 0 Å². The Kier molecular flexibility index (Phi) is 5.79. The van der Waals surface area contributed by atoms with E-state index in [4.69, 9.17) is 9.47 Å². The normalized spacial score (nSPS) is 10.9. The summed E-state index contributed by atoms with van der Waals surface area (Å²) >= 11 is 0.